The van der Waals surface area contributed by atoms with Gasteiger partial charge < -0.3 is 20.1 Å². The van der Waals surface area contributed by atoms with Crippen molar-refractivity contribution in [1.82, 2.24) is 29.5 Å². The lowest BCUT2D eigenvalue weighted by atomic mass is 9.92. The van der Waals surface area contributed by atoms with Crippen molar-refractivity contribution in [1.29, 1.82) is 0 Å². The number of nitrogens with zero attached hydrogens (tertiary/aromatic N) is 6. The van der Waals surface area contributed by atoms with Crippen LogP contribution in [0.15, 0.2) is 36.7 Å². The second-order valence-electron chi connectivity index (χ2n) is 9.65. The van der Waals surface area contributed by atoms with Gasteiger partial charge in [0.05, 0.1) is 28.2 Å². The number of thiazole rings is 1. The number of aliphatic hydroxyl groups excluding tert-OH is 3. The zero-order valence-electron chi connectivity index (χ0n) is 21.4. The van der Waals surface area contributed by atoms with Crippen LogP contribution in [0.2, 0.25) is 0 Å². The van der Waals surface area contributed by atoms with Crippen molar-refractivity contribution in [3.05, 3.63) is 76.6 Å². The summed E-state index contributed by atoms with van der Waals surface area (Å²) >= 11 is 1.29. The van der Waals surface area contributed by atoms with E-state index in [0.29, 0.717) is 9.71 Å². The van der Waals surface area contributed by atoms with Crippen molar-refractivity contribution < 1.29 is 37.6 Å². The largest absolute Gasteiger partial charge is 0.394 e. The molecule has 4 heterocycles. The second kappa shape index (κ2) is 10.3. The molecule has 6 rings (SSSR count). The normalized spacial score (nSPS) is 23.0. The highest BCUT2D eigenvalue weighted by Crippen LogP contribution is 2.39. The summed E-state index contributed by atoms with van der Waals surface area (Å²) < 4.78 is 65.0. The van der Waals surface area contributed by atoms with Crippen molar-refractivity contribution in [3.8, 4) is 16.8 Å². The molecule has 214 valence electrons. The highest BCUT2D eigenvalue weighted by molar-refractivity contribution is 7.18. The molecule has 10 nitrogen and oxygen atoms in total. The topological polar surface area (TPSA) is 131 Å². The summed E-state index contributed by atoms with van der Waals surface area (Å²) in [4.78, 5) is 8.59. The Hall–Kier alpha value is -3.76. The van der Waals surface area contributed by atoms with Gasteiger partial charge in [0.15, 0.2) is 29.1 Å². The van der Waals surface area contributed by atoms with Crippen molar-refractivity contribution in [3.63, 3.8) is 0 Å². The highest BCUT2D eigenvalue weighted by atomic mass is 32.1. The molecule has 1 aliphatic heterocycles. The van der Waals surface area contributed by atoms with Crippen LogP contribution in [0.5, 0.6) is 0 Å². The Labute approximate surface area is 233 Å². The number of halogens is 4. The van der Waals surface area contributed by atoms with Crippen LogP contribution in [0.1, 0.15) is 28.8 Å². The minimum Gasteiger partial charge on any atom is -0.394 e. The molecule has 2 aromatic carbocycles. The van der Waals surface area contributed by atoms with E-state index in [4.69, 9.17) is 4.74 Å². The third-order valence-electron chi connectivity index (χ3n) is 6.89. The van der Waals surface area contributed by atoms with E-state index in [1.165, 1.54) is 39.2 Å². The van der Waals surface area contributed by atoms with Crippen molar-refractivity contribution >= 4 is 21.6 Å². The van der Waals surface area contributed by atoms with Crippen LogP contribution in [0.25, 0.3) is 27.0 Å². The molecule has 3 aromatic heterocycles. The average molecular weight is 591 g/mol. The number of ether oxygens (including phenoxy) is 1. The summed E-state index contributed by atoms with van der Waals surface area (Å²) in [7, 11) is 0. The third-order valence-corrected chi connectivity index (χ3v) is 7.81. The van der Waals surface area contributed by atoms with Crippen LogP contribution < -0.4 is 0 Å². The second-order valence-corrected chi connectivity index (χ2v) is 10.9. The maximum absolute atomic E-state index is 14.9. The van der Waals surface area contributed by atoms with Crippen LogP contribution >= 0.6 is 11.3 Å². The zero-order chi connectivity index (χ0) is 29.2. The molecule has 0 aliphatic carbocycles. The summed E-state index contributed by atoms with van der Waals surface area (Å²) in [6.07, 6.45) is -2.97. The first-order valence-electron chi connectivity index (χ1n) is 12.4. The fraction of sp³-hybridized carbons (Fsp3) is 0.308. The van der Waals surface area contributed by atoms with E-state index in [9.17, 15) is 32.9 Å². The van der Waals surface area contributed by atoms with Gasteiger partial charge in [-0.2, -0.15) is 10.2 Å². The molecular weight excluding hydrogens is 568 g/mol. The third kappa shape index (κ3) is 4.68. The molecule has 0 spiro atoms. The first kappa shape index (κ1) is 27.4. The van der Waals surface area contributed by atoms with Crippen molar-refractivity contribution in [2.75, 3.05) is 6.61 Å². The van der Waals surface area contributed by atoms with E-state index >= 15 is 0 Å². The van der Waals surface area contributed by atoms with Crippen molar-refractivity contribution in [2.24, 2.45) is 0 Å². The highest BCUT2D eigenvalue weighted by Gasteiger charge is 2.48. The lowest BCUT2D eigenvalue weighted by molar-refractivity contribution is -0.210. The molecule has 0 bridgehead atoms. The first-order valence-corrected chi connectivity index (χ1v) is 13.2. The molecule has 15 heteroatoms. The molecule has 5 atom stereocenters. The molecule has 41 heavy (non-hydrogen) atoms. The number of aryl methyl sites for hydroxylation is 2. The number of fused-ring (bicyclic) bond motifs is 1. The Morgan fingerprint density at radius 1 is 0.951 bits per heavy atom. The number of hydrogen-bond acceptors (Lipinski definition) is 9. The van der Waals surface area contributed by atoms with E-state index in [1.54, 1.807) is 19.9 Å². The Balaban J connectivity index is 1.40. The fourth-order valence-corrected chi connectivity index (χ4v) is 5.89. The Kier molecular flexibility index (Phi) is 6.86. The molecule has 0 saturated carbocycles. The Bertz CT molecular complexity index is 1750. The summed E-state index contributed by atoms with van der Waals surface area (Å²) in [6.45, 7) is 2.71. The summed E-state index contributed by atoms with van der Waals surface area (Å²) in [6, 6.07) is 3.25. The lowest BCUT2D eigenvalue weighted by Gasteiger charge is -2.41. The van der Waals surface area contributed by atoms with Gasteiger partial charge in [-0.05, 0) is 37.6 Å². The predicted molar refractivity (Wildman–Crippen MR) is 137 cm³/mol. The van der Waals surface area contributed by atoms with Gasteiger partial charge in [-0.1, -0.05) is 0 Å². The van der Waals surface area contributed by atoms with Gasteiger partial charge in [0.2, 0.25) is 0 Å². The maximum Gasteiger partial charge on any atom is 0.194 e. The van der Waals surface area contributed by atoms with E-state index in [0.717, 1.165) is 12.1 Å². The number of benzene rings is 2. The quantitative estimate of drug-likeness (QED) is 0.210. The molecule has 5 aromatic rings. The van der Waals surface area contributed by atoms with Gasteiger partial charge in [0, 0.05) is 17.8 Å². The monoisotopic (exact) mass is 590 g/mol. The Morgan fingerprint density at radius 3 is 2.39 bits per heavy atom. The van der Waals surface area contributed by atoms with E-state index in [2.05, 4.69) is 20.2 Å². The van der Waals surface area contributed by atoms with Gasteiger partial charge in [0.1, 0.15) is 41.8 Å². The van der Waals surface area contributed by atoms with Gasteiger partial charge in [0.25, 0.3) is 0 Å². The summed E-state index contributed by atoms with van der Waals surface area (Å²) in [5.41, 5.74) is 0.649. The van der Waals surface area contributed by atoms with Gasteiger partial charge >= 0.3 is 0 Å². The Morgan fingerprint density at radius 2 is 1.68 bits per heavy atom. The molecule has 3 N–H and O–H groups in total. The number of aromatic nitrogens is 6. The standard InChI is InChI=1S/C26H22F4N6O4S/c1-10-32-26(36(34-10)14-5-17(29)21-19(6-14)41-11(2)33-21)25-24(39)22(23(38)18(9-37)40-25)35-8-13(7-31-35)12-3-15(27)20(30)16(28)4-12/h3-8,18,22-25,37-39H,9H2,1-2H3/t18-,22+,23+,24-,25-/m1/s1. The van der Waals surface area contributed by atoms with Gasteiger partial charge in [-0.25, -0.2) is 32.2 Å². The summed E-state index contributed by atoms with van der Waals surface area (Å²) in [5, 5.41) is 41.6. The average Bonchev–Trinajstić information content (AvgIpc) is 3.65. The van der Waals surface area contributed by atoms with E-state index < -0.39 is 60.3 Å². The van der Waals surface area contributed by atoms with Crippen molar-refractivity contribution in [2.45, 2.75) is 44.3 Å². The fourth-order valence-electron chi connectivity index (χ4n) is 5.01. The number of rotatable bonds is 5. The summed E-state index contributed by atoms with van der Waals surface area (Å²) in [5.74, 6) is -4.63. The van der Waals surface area contributed by atoms with Gasteiger partial charge in [-0.15, -0.1) is 11.3 Å². The first-order chi connectivity index (χ1) is 19.5. The van der Waals surface area contributed by atoms with E-state index in [1.807, 2.05) is 0 Å². The molecule has 0 radical (unpaired) electrons. The molecular formula is C26H22F4N6O4S. The molecule has 1 aliphatic rings. The predicted octanol–water partition coefficient (Wildman–Crippen LogP) is 3.31. The van der Waals surface area contributed by atoms with Crippen LogP contribution in [0, 0.1) is 37.1 Å². The SMILES string of the molecule is Cc1nc([C@@H]2O[C@H](CO)[C@H](O)[C@H](n3cc(-c4cc(F)c(F)c(F)c4)cn3)[C@H]2O)n(-c2cc(F)c3nc(C)sc3c2)n1. The minimum atomic E-state index is -1.62. The number of hydrogen-bond donors (Lipinski definition) is 3. The van der Waals surface area contributed by atoms with Crippen LogP contribution in [0.4, 0.5) is 17.6 Å². The van der Waals surface area contributed by atoms with Crippen LogP contribution in [-0.4, -0.2) is 69.8 Å². The van der Waals surface area contributed by atoms with Gasteiger partial charge in [-0.3, -0.25) is 4.68 Å². The van der Waals surface area contributed by atoms with Crippen LogP contribution in [0.3, 0.4) is 0 Å². The molecule has 0 unspecified atom stereocenters. The zero-order valence-corrected chi connectivity index (χ0v) is 22.2. The molecule has 0 amide bonds. The van der Waals surface area contributed by atoms with Crippen LogP contribution in [-0.2, 0) is 4.74 Å². The van der Waals surface area contributed by atoms with E-state index in [-0.39, 0.29) is 34.0 Å². The molecule has 1 fully saturated rings. The smallest absolute Gasteiger partial charge is 0.194 e. The lowest BCUT2D eigenvalue weighted by Crippen LogP contribution is -2.53. The molecule has 1 saturated heterocycles. The number of aliphatic hydroxyl groups is 3. The maximum atomic E-state index is 14.9. The minimum absolute atomic E-state index is 0.0231.